The fraction of sp³-hybridized carbons (Fsp3) is 0.500. The summed E-state index contributed by atoms with van der Waals surface area (Å²) in [5.41, 5.74) is 2.41. The SMILES string of the molecule is COc1ccc([C@@H]2c3cccn3CCN2C(=S)NC2CCCCC2)cc1OC. The molecule has 5 nitrogen and oxygen atoms in total. The van der Waals surface area contributed by atoms with E-state index >= 15 is 0 Å². The van der Waals surface area contributed by atoms with Crippen molar-refractivity contribution in [3.63, 3.8) is 0 Å². The van der Waals surface area contributed by atoms with E-state index in [2.05, 4.69) is 45.2 Å². The van der Waals surface area contributed by atoms with Crippen molar-refractivity contribution < 1.29 is 9.47 Å². The van der Waals surface area contributed by atoms with E-state index in [0.717, 1.165) is 35.3 Å². The van der Waals surface area contributed by atoms with Crippen LogP contribution in [0.25, 0.3) is 0 Å². The van der Waals surface area contributed by atoms with Gasteiger partial charge in [-0.25, -0.2) is 0 Å². The van der Waals surface area contributed by atoms with Crippen molar-refractivity contribution >= 4 is 17.3 Å². The van der Waals surface area contributed by atoms with Gasteiger partial charge in [-0.15, -0.1) is 0 Å². The molecule has 0 saturated heterocycles. The Morgan fingerprint density at radius 1 is 1.04 bits per heavy atom. The molecule has 1 fully saturated rings. The van der Waals surface area contributed by atoms with Gasteiger partial charge in [-0.2, -0.15) is 0 Å². The van der Waals surface area contributed by atoms with Crippen molar-refractivity contribution in [2.45, 2.75) is 50.7 Å². The zero-order chi connectivity index (χ0) is 19.5. The Hall–Kier alpha value is -2.21. The third-order valence-corrected chi connectivity index (χ3v) is 6.31. The molecule has 0 amide bonds. The van der Waals surface area contributed by atoms with Crippen molar-refractivity contribution in [3.8, 4) is 11.5 Å². The smallest absolute Gasteiger partial charge is 0.170 e. The number of fused-ring (bicyclic) bond motifs is 1. The Labute approximate surface area is 172 Å². The summed E-state index contributed by atoms with van der Waals surface area (Å²) in [7, 11) is 3.34. The predicted octanol–water partition coefficient (Wildman–Crippen LogP) is 4.12. The zero-order valence-corrected chi connectivity index (χ0v) is 17.5. The van der Waals surface area contributed by atoms with Crippen molar-refractivity contribution in [2.24, 2.45) is 0 Å². The van der Waals surface area contributed by atoms with Crippen molar-refractivity contribution in [1.82, 2.24) is 14.8 Å². The molecule has 1 aromatic heterocycles. The summed E-state index contributed by atoms with van der Waals surface area (Å²) < 4.78 is 13.3. The molecule has 0 spiro atoms. The number of hydrogen-bond donors (Lipinski definition) is 1. The molecule has 0 bridgehead atoms. The number of methoxy groups -OCH3 is 2. The maximum absolute atomic E-state index is 5.89. The van der Waals surface area contributed by atoms with Crippen molar-refractivity contribution in [3.05, 3.63) is 47.8 Å². The first kappa shape index (κ1) is 19.1. The van der Waals surface area contributed by atoms with Crippen LogP contribution >= 0.6 is 12.2 Å². The van der Waals surface area contributed by atoms with Gasteiger partial charge in [0.2, 0.25) is 0 Å². The first-order valence-electron chi connectivity index (χ1n) is 10.2. The standard InChI is InChI=1S/C22H29N3O2S/c1-26-19-11-10-16(15-20(19)27-2)21-18-9-6-12-24(18)13-14-25(21)22(28)23-17-7-4-3-5-8-17/h6,9-12,15,17,21H,3-5,7-8,13-14H2,1-2H3,(H,23,28)/t21-/m1/s1. The van der Waals surface area contributed by atoms with E-state index in [-0.39, 0.29) is 6.04 Å². The van der Waals surface area contributed by atoms with Crippen LogP contribution in [0.2, 0.25) is 0 Å². The molecule has 2 aliphatic rings. The van der Waals surface area contributed by atoms with Crippen LogP contribution in [0, 0.1) is 0 Å². The van der Waals surface area contributed by atoms with Crippen LogP contribution in [0.5, 0.6) is 11.5 Å². The molecular formula is C22H29N3O2S. The van der Waals surface area contributed by atoms with E-state index < -0.39 is 0 Å². The maximum atomic E-state index is 5.89. The highest BCUT2D eigenvalue weighted by Crippen LogP contribution is 2.37. The third-order valence-electron chi connectivity index (χ3n) is 5.96. The Morgan fingerprint density at radius 2 is 1.82 bits per heavy atom. The Balaban J connectivity index is 1.65. The average molecular weight is 400 g/mol. The molecule has 0 unspecified atom stereocenters. The largest absolute Gasteiger partial charge is 0.493 e. The molecule has 1 aromatic carbocycles. The van der Waals surface area contributed by atoms with Gasteiger partial charge in [-0.05, 0) is 54.9 Å². The fourth-order valence-electron chi connectivity index (χ4n) is 4.48. The minimum atomic E-state index is 0.0622. The zero-order valence-electron chi connectivity index (χ0n) is 16.7. The quantitative estimate of drug-likeness (QED) is 0.783. The number of nitrogens with zero attached hydrogens (tertiary/aromatic N) is 2. The Bertz CT molecular complexity index is 829. The molecular weight excluding hydrogens is 370 g/mol. The van der Waals surface area contributed by atoms with E-state index in [0.29, 0.717) is 6.04 Å². The number of hydrogen-bond acceptors (Lipinski definition) is 3. The lowest BCUT2D eigenvalue weighted by atomic mass is 9.95. The van der Waals surface area contributed by atoms with Gasteiger partial charge < -0.3 is 24.3 Å². The van der Waals surface area contributed by atoms with Crippen LogP contribution in [0.4, 0.5) is 0 Å². The molecule has 1 aliphatic carbocycles. The number of rotatable bonds is 4. The molecule has 1 saturated carbocycles. The highest BCUT2D eigenvalue weighted by Gasteiger charge is 2.32. The summed E-state index contributed by atoms with van der Waals surface area (Å²) in [6.45, 7) is 1.83. The van der Waals surface area contributed by atoms with E-state index in [9.17, 15) is 0 Å². The third kappa shape index (κ3) is 3.70. The molecule has 4 rings (SSSR count). The van der Waals surface area contributed by atoms with Gasteiger partial charge in [0.15, 0.2) is 16.6 Å². The second kappa shape index (κ2) is 8.43. The molecule has 2 heterocycles. The second-order valence-corrected chi connectivity index (χ2v) is 8.01. The summed E-state index contributed by atoms with van der Waals surface area (Å²) in [6.07, 6.45) is 8.51. The summed E-state index contributed by atoms with van der Waals surface area (Å²) in [5.74, 6) is 1.49. The van der Waals surface area contributed by atoms with Crippen LogP contribution in [0.1, 0.15) is 49.4 Å². The van der Waals surface area contributed by atoms with Crippen molar-refractivity contribution in [2.75, 3.05) is 20.8 Å². The number of thiocarbonyl (C=S) groups is 1. The monoisotopic (exact) mass is 399 g/mol. The van der Waals surface area contributed by atoms with E-state index in [1.165, 1.54) is 37.8 Å². The predicted molar refractivity (Wildman–Crippen MR) is 115 cm³/mol. The van der Waals surface area contributed by atoms with Gasteiger partial charge in [0, 0.05) is 31.0 Å². The van der Waals surface area contributed by atoms with E-state index in [1.807, 2.05) is 6.07 Å². The van der Waals surface area contributed by atoms with Gasteiger partial charge in [0.1, 0.15) is 0 Å². The van der Waals surface area contributed by atoms with Gasteiger partial charge in [0.25, 0.3) is 0 Å². The summed E-state index contributed by atoms with van der Waals surface area (Å²) >= 11 is 5.89. The molecule has 1 atom stereocenters. The molecule has 150 valence electrons. The first-order chi connectivity index (χ1) is 13.7. The number of nitrogens with one attached hydrogen (secondary N) is 1. The molecule has 0 radical (unpaired) electrons. The maximum Gasteiger partial charge on any atom is 0.170 e. The average Bonchev–Trinajstić information content (AvgIpc) is 3.22. The number of ether oxygens (including phenoxy) is 2. The first-order valence-corrected chi connectivity index (χ1v) is 10.6. The van der Waals surface area contributed by atoms with Gasteiger partial charge >= 0.3 is 0 Å². The fourth-order valence-corrected chi connectivity index (χ4v) is 4.84. The summed E-state index contributed by atoms with van der Waals surface area (Å²) in [6, 6.07) is 11.0. The van der Waals surface area contributed by atoms with Crippen LogP contribution in [-0.2, 0) is 6.54 Å². The van der Waals surface area contributed by atoms with Crippen molar-refractivity contribution in [1.29, 1.82) is 0 Å². The van der Waals surface area contributed by atoms with Crippen LogP contribution in [0.3, 0.4) is 0 Å². The van der Waals surface area contributed by atoms with Crippen LogP contribution < -0.4 is 14.8 Å². The highest BCUT2D eigenvalue weighted by atomic mass is 32.1. The molecule has 6 heteroatoms. The summed E-state index contributed by atoms with van der Waals surface area (Å²) in [5, 5.41) is 4.51. The highest BCUT2D eigenvalue weighted by molar-refractivity contribution is 7.80. The van der Waals surface area contributed by atoms with Crippen LogP contribution in [0.15, 0.2) is 36.5 Å². The number of aromatic nitrogens is 1. The van der Waals surface area contributed by atoms with E-state index in [4.69, 9.17) is 21.7 Å². The van der Waals surface area contributed by atoms with Gasteiger partial charge in [0.05, 0.1) is 20.3 Å². The molecule has 1 N–H and O–H groups in total. The van der Waals surface area contributed by atoms with Gasteiger partial charge in [-0.1, -0.05) is 25.3 Å². The lowest BCUT2D eigenvalue weighted by Crippen LogP contribution is -2.50. The normalized spacial score (nSPS) is 19.8. The molecule has 1 aliphatic heterocycles. The molecule has 2 aromatic rings. The number of benzene rings is 1. The second-order valence-electron chi connectivity index (χ2n) is 7.62. The van der Waals surface area contributed by atoms with Gasteiger partial charge in [-0.3, -0.25) is 0 Å². The summed E-state index contributed by atoms with van der Waals surface area (Å²) in [4.78, 5) is 2.33. The molecule has 28 heavy (non-hydrogen) atoms. The van der Waals surface area contributed by atoms with E-state index in [1.54, 1.807) is 14.2 Å². The lowest BCUT2D eigenvalue weighted by Gasteiger charge is -2.40. The van der Waals surface area contributed by atoms with Crippen LogP contribution in [-0.4, -0.2) is 41.4 Å². The lowest BCUT2D eigenvalue weighted by molar-refractivity contribution is 0.277. The minimum Gasteiger partial charge on any atom is -0.493 e. The Kier molecular flexibility index (Phi) is 5.76. The minimum absolute atomic E-state index is 0.0622. The topological polar surface area (TPSA) is 38.7 Å². The Morgan fingerprint density at radius 3 is 2.57 bits per heavy atom.